The van der Waals surface area contributed by atoms with E-state index >= 15 is 0 Å². The fourth-order valence-electron chi connectivity index (χ4n) is 4.82. The summed E-state index contributed by atoms with van der Waals surface area (Å²) in [6.07, 6.45) is 3.67. The molecule has 172 valence electrons. The van der Waals surface area contributed by atoms with Crippen LogP contribution in [0.4, 0.5) is 5.69 Å². The van der Waals surface area contributed by atoms with Gasteiger partial charge in [0.15, 0.2) is 5.11 Å². The van der Waals surface area contributed by atoms with Crippen LogP contribution >= 0.6 is 12.2 Å². The predicted octanol–water partition coefficient (Wildman–Crippen LogP) is 5.38. The molecule has 0 saturated carbocycles. The van der Waals surface area contributed by atoms with Gasteiger partial charge in [-0.25, -0.2) is 4.98 Å². The summed E-state index contributed by atoms with van der Waals surface area (Å²) in [7, 11) is 1.67. The van der Waals surface area contributed by atoms with Crippen molar-refractivity contribution < 1.29 is 4.74 Å². The van der Waals surface area contributed by atoms with Gasteiger partial charge in [0, 0.05) is 29.5 Å². The molecule has 5 rings (SSSR count). The van der Waals surface area contributed by atoms with Gasteiger partial charge >= 0.3 is 0 Å². The number of thiocarbonyl (C=S) groups is 1. The highest BCUT2D eigenvalue weighted by Gasteiger charge is 2.42. The molecule has 34 heavy (non-hydrogen) atoms. The van der Waals surface area contributed by atoms with Crippen LogP contribution < -0.4 is 15.0 Å². The number of nitrogens with one attached hydrogen (secondary N) is 1. The minimum absolute atomic E-state index is 0.0836. The van der Waals surface area contributed by atoms with Crippen molar-refractivity contribution in [1.82, 2.24) is 19.9 Å². The Morgan fingerprint density at radius 1 is 0.941 bits per heavy atom. The van der Waals surface area contributed by atoms with Gasteiger partial charge in [-0.2, -0.15) is 0 Å². The quantitative estimate of drug-likeness (QED) is 0.396. The van der Waals surface area contributed by atoms with E-state index in [9.17, 15) is 0 Å². The zero-order valence-electron chi connectivity index (χ0n) is 19.7. The first-order valence-electron chi connectivity index (χ1n) is 11.2. The zero-order chi connectivity index (χ0) is 23.8. The number of rotatable bonds is 5. The molecule has 0 amide bonds. The lowest BCUT2D eigenvalue weighted by atomic mass is 9.96. The number of nitrogens with zero attached hydrogens (tertiary/aromatic N) is 4. The maximum Gasteiger partial charge on any atom is 0.174 e. The number of aromatic nitrogens is 3. The van der Waals surface area contributed by atoms with Crippen molar-refractivity contribution in [2.75, 3.05) is 12.0 Å². The van der Waals surface area contributed by atoms with Crippen molar-refractivity contribution in [3.8, 4) is 11.6 Å². The van der Waals surface area contributed by atoms with Crippen LogP contribution in [-0.4, -0.2) is 26.8 Å². The van der Waals surface area contributed by atoms with Crippen LogP contribution in [0, 0.1) is 20.8 Å². The van der Waals surface area contributed by atoms with Crippen molar-refractivity contribution in [3.05, 3.63) is 101 Å². The Labute approximate surface area is 205 Å². The van der Waals surface area contributed by atoms with Crippen LogP contribution in [0.2, 0.25) is 0 Å². The molecule has 1 aliphatic heterocycles. The van der Waals surface area contributed by atoms with Gasteiger partial charge in [0.1, 0.15) is 11.6 Å². The van der Waals surface area contributed by atoms with E-state index in [1.807, 2.05) is 60.9 Å². The molecule has 0 radical (unpaired) electrons. The standard InChI is InChI=1S/C27H27N5OS/c1-17-8-7-15-29-26(17)31-18(2)16-22(19(31)3)25-24(23-9-5-6-14-28-23)30-27(34)32(25)20-10-12-21(33-4)13-11-20/h5-16,24-25H,1-4H3,(H,30,34)/t24-,25+/m0/s1. The van der Waals surface area contributed by atoms with Gasteiger partial charge in [0.25, 0.3) is 0 Å². The van der Waals surface area contributed by atoms with Crippen LogP contribution in [0.15, 0.2) is 73.1 Å². The Morgan fingerprint density at radius 2 is 1.71 bits per heavy atom. The van der Waals surface area contributed by atoms with Crippen molar-refractivity contribution in [1.29, 1.82) is 0 Å². The summed E-state index contributed by atoms with van der Waals surface area (Å²) in [4.78, 5) is 11.5. The summed E-state index contributed by atoms with van der Waals surface area (Å²) in [6, 6.07) is 20.1. The lowest BCUT2D eigenvalue weighted by molar-refractivity contribution is 0.415. The van der Waals surface area contributed by atoms with E-state index < -0.39 is 0 Å². The second-order valence-electron chi connectivity index (χ2n) is 8.50. The van der Waals surface area contributed by atoms with Gasteiger partial charge < -0.3 is 19.5 Å². The van der Waals surface area contributed by atoms with Crippen molar-refractivity contribution >= 4 is 23.0 Å². The first-order valence-corrected chi connectivity index (χ1v) is 11.7. The van der Waals surface area contributed by atoms with E-state index in [2.05, 4.69) is 57.7 Å². The number of ether oxygens (including phenoxy) is 1. The van der Waals surface area contributed by atoms with Crippen LogP contribution in [0.1, 0.15) is 40.3 Å². The maximum absolute atomic E-state index is 5.87. The average molecular weight is 470 g/mol. The molecule has 0 aliphatic carbocycles. The molecule has 1 saturated heterocycles. The Balaban J connectivity index is 1.68. The van der Waals surface area contributed by atoms with Crippen molar-refractivity contribution in [2.45, 2.75) is 32.9 Å². The second kappa shape index (κ2) is 8.91. The average Bonchev–Trinajstić information content (AvgIpc) is 3.35. The Hall–Kier alpha value is -3.71. The number of aryl methyl sites for hydroxylation is 2. The first-order chi connectivity index (χ1) is 16.5. The lowest BCUT2D eigenvalue weighted by Gasteiger charge is -2.28. The molecule has 4 aromatic rings. The molecule has 6 nitrogen and oxygen atoms in total. The Bertz CT molecular complexity index is 1330. The third-order valence-electron chi connectivity index (χ3n) is 6.43. The van der Waals surface area contributed by atoms with Gasteiger partial charge in [-0.1, -0.05) is 12.1 Å². The van der Waals surface area contributed by atoms with Gasteiger partial charge in [-0.15, -0.1) is 0 Å². The van der Waals surface area contributed by atoms with Crippen LogP contribution in [-0.2, 0) is 0 Å². The van der Waals surface area contributed by atoms with E-state index in [4.69, 9.17) is 17.0 Å². The van der Waals surface area contributed by atoms with E-state index in [1.165, 1.54) is 5.56 Å². The van der Waals surface area contributed by atoms with E-state index in [0.717, 1.165) is 39.9 Å². The van der Waals surface area contributed by atoms with Gasteiger partial charge in [0.2, 0.25) is 0 Å². The molecule has 4 heterocycles. The number of anilines is 1. The predicted molar refractivity (Wildman–Crippen MR) is 139 cm³/mol. The lowest BCUT2D eigenvalue weighted by Crippen LogP contribution is -2.29. The summed E-state index contributed by atoms with van der Waals surface area (Å²) in [5.74, 6) is 1.76. The van der Waals surface area contributed by atoms with E-state index in [1.54, 1.807) is 7.11 Å². The first kappa shape index (κ1) is 22.1. The number of methoxy groups -OCH3 is 1. The summed E-state index contributed by atoms with van der Waals surface area (Å²) in [6.45, 7) is 6.37. The number of benzene rings is 1. The van der Waals surface area contributed by atoms with Crippen LogP contribution in [0.25, 0.3) is 5.82 Å². The normalized spacial score (nSPS) is 17.6. The molecular formula is C27H27N5OS. The zero-order valence-corrected chi connectivity index (χ0v) is 20.5. The van der Waals surface area contributed by atoms with Crippen LogP contribution in [0.3, 0.4) is 0 Å². The summed E-state index contributed by atoms with van der Waals surface area (Å²) in [5, 5.41) is 4.21. The Kier molecular flexibility index (Phi) is 5.79. The highest BCUT2D eigenvalue weighted by atomic mass is 32.1. The monoisotopic (exact) mass is 469 g/mol. The summed E-state index contributed by atoms with van der Waals surface area (Å²) in [5.41, 5.74) is 6.52. The smallest absolute Gasteiger partial charge is 0.174 e. The largest absolute Gasteiger partial charge is 0.497 e. The molecular weight excluding hydrogens is 442 g/mol. The summed E-state index contributed by atoms with van der Waals surface area (Å²) < 4.78 is 7.60. The fourth-order valence-corrected chi connectivity index (χ4v) is 5.16. The molecule has 7 heteroatoms. The minimum atomic E-state index is -0.102. The summed E-state index contributed by atoms with van der Waals surface area (Å²) >= 11 is 5.87. The SMILES string of the molecule is COc1ccc(N2C(=S)N[C@@H](c3ccccn3)[C@H]2c2cc(C)n(-c3ncccc3C)c2C)cc1. The third-order valence-corrected chi connectivity index (χ3v) is 6.75. The van der Waals surface area contributed by atoms with Crippen LogP contribution in [0.5, 0.6) is 5.75 Å². The van der Waals surface area contributed by atoms with Gasteiger partial charge in [0.05, 0.1) is 24.9 Å². The molecule has 2 atom stereocenters. The molecule has 0 bridgehead atoms. The number of pyridine rings is 2. The number of hydrogen-bond acceptors (Lipinski definition) is 4. The minimum Gasteiger partial charge on any atom is -0.497 e. The molecule has 1 fully saturated rings. The van der Waals surface area contributed by atoms with E-state index in [0.29, 0.717) is 5.11 Å². The molecule has 0 unspecified atom stereocenters. The van der Waals surface area contributed by atoms with Gasteiger partial charge in [-0.3, -0.25) is 4.98 Å². The second-order valence-corrected chi connectivity index (χ2v) is 8.89. The Morgan fingerprint density at radius 3 is 2.38 bits per heavy atom. The molecule has 1 N–H and O–H groups in total. The van der Waals surface area contributed by atoms with Crippen molar-refractivity contribution in [3.63, 3.8) is 0 Å². The fraction of sp³-hybridized carbons (Fsp3) is 0.222. The van der Waals surface area contributed by atoms with E-state index in [-0.39, 0.29) is 12.1 Å². The van der Waals surface area contributed by atoms with Gasteiger partial charge in [-0.05, 0) is 92.6 Å². The highest BCUT2D eigenvalue weighted by Crippen LogP contribution is 2.44. The number of hydrogen-bond donors (Lipinski definition) is 1. The maximum atomic E-state index is 5.87. The molecule has 1 aliphatic rings. The topological polar surface area (TPSA) is 55.2 Å². The highest BCUT2D eigenvalue weighted by molar-refractivity contribution is 7.80. The van der Waals surface area contributed by atoms with Crippen molar-refractivity contribution in [2.24, 2.45) is 0 Å². The molecule has 0 spiro atoms. The molecule has 3 aromatic heterocycles. The third kappa shape index (κ3) is 3.72. The molecule has 1 aromatic carbocycles.